The maximum atomic E-state index is 5.85. The Morgan fingerprint density at radius 1 is 0.806 bits per heavy atom. The highest BCUT2D eigenvalue weighted by Crippen LogP contribution is 2.27. The zero-order chi connectivity index (χ0) is 21.3. The van der Waals surface area contributed by atoms with E-state index in [0.29, 0.717) is 13.2 Å². The Kier molecular flexibility index (Phi) is 7.56. The molecule has 3 aromatic carbocycles. The van der Waals surface area contributed by atoms with Crippen LogP contribution >= 0.6 is 27.3 Å². The first-order valence-corrected chi connectivity index (χ1v) is 11.5. The molecular weight excluding hydrogens is 468 g/mol. The van der Waals surface area contributed by atoms with Gasteiger partial charge in [-0.3, -0.25) is 0 Å². The fourth-order valence-corrected chi connectivity index (χ4v) is 4.68. The minimum Gasteiger partial charge on any atom is -0.371 e. The lowest BCUT2D eigenvalue weighted by atomic mass is 10.0. The van der Waals surface area contributed by atoms with Crippen LogP contribution in [0.15, 0.2) is 112 Å². The van der Waals surface area contributed by atoms with E-state index in [9.17, 15) is 0 Å². The summed E-state index contributed by atoms with van der Waals surface area (Å²) >= 11 is 5.27. The molecule has 1 aromatic heterocycles. The van der Waals surface area contributed by atoms with Crippen molar-refractivity contribution in [1.82, 2.24) is 0 Å². The zero-order valence-corrected chi connectivity index (χ0v) is 19.2. The summed E-state index contributed by atoms with van der Waals surface area (Å²) in [6.07, 6.45) is 1.79. The second-order valence-corrected chi connectivity index (χ2v) is 8.85. The van der Waals surface area contributed by atoms with Crippen LogP contribution in [0, 0.1) is 0 Å². The Labute approximate surface area is 194 Å². The summed E-state index contributed by atoms with van der Waals surface area (Å²) in [4.78, 5) is 2.15. The van der Waals surface area contributed by atoms with E-state index in [1.165, 1.54) is 5.56 Å². The van der Waals surface area contributed by atoms with Gasteiger partial charge in [-0.05, 0) is 27.6 Å². The first kappa shape index (κ1) is 21.4. The van der Waals surface area contributed by atoms with Crippen LogP contribution in [0.3, 0.4) is 0 Å². The van der Waals surface area contributed by atoms with Gasteiger partial charge < -0.3 is 4.74 Å². The number of benzene rings is 3. The van der Waals surface area contributed by atoms with E-state index in [0.717, 1.165) is 31.1 Å². The van der Waals surface area contributed by atoms with Crippen molar-refractivity contribution in [3.05, 3.63) is 128 Å². The molecular formula is C26H21BrN2OS. The summed E-state index contributed by atoms with van der Waals surface area (Å²) in [6.45, 7) is 1.16. The Balaban J connectivity index is 1.47. The van der Waals surface area contributed by atoms with E-state index in [-0.39, 0.29) is 0 Å². The summed E-state index contributed by atoms with van der Waals surface area (Å²) in [5.74, 6) is 0. The standard InChI is InChI=1S/C26H21BrN2OS/c27-24-16-23(19-30-18-20-10-4-1-5-11-20)31-25(24)17-28-29-26(21-12-6-2-7-13-21)22-14-8-3-9-15-22/h1-17H,18-19H2/b28-17+. The summed E-state index contributed by atoms with van der Waals surface area (Å²) in [5.41, 5.74) is 4.08. The molecule has 0 bridgehead atoms. The van der Waals surface area contributed by atoms with Crippen molar-refractivity contribution < 1.29 is 4.74 Å². The van der Waals surface area contributed by atoms with Crippen LogP contribution in [0.1, 0.15) is 26.4 Å². The molecule has 0 saturated heterocycles. The lowest BCUT2D eigenvalue weighted by molar-refractivity contribution is 0.109. The Morgan fingerprint density at radius 2 is 1.39 bits per heavy atom. The molecule has 4 aromatic rings. The SMILES string of the molecule is Brc1cc(COCc2ccccc2)sc1/C=N/N=C(c1ccccc1)c1ccccc1. The minimum absolute atomic E-state index is 0.564. The van der Waals surface area contributed by atoms with Gasteiger partial charge in [0.15, 0.2) is 0 Å². The molecule has 0 aliphatic heterocycles. The summed E-state index contributed by atoms with van der Waals surface area (Å²) in [5, 5.41) is 8.95. The topological polar surface area (TPSA) is 34.0 Å². The molecule has 154 valence electrons. The van der Waals surface area contributed by atoms with Crippen molar-refractivity contribution in [2.75, 3.05) is 0 Å². The molecule has 0 atom stereocenters. The van der Waals surface area contributed by atoms with Gasteiger partial charge in [-0.1, -0.05) is 91.0 Å². The first-order chi connectivity index (χ1) is 15.3. The van der Waals surface area contributed by atoms with Crippen molar-refractivity contribution in [1.29, 1.82) is 0 Å². The van der Waals surface area contributed by atoms with Crippen molar-refractivity contribution in [3.63, 3.8) is 0 Å². The number of thiophene rings is 1. The Bertz CT molecular complexity index is 1110. The molecule has 0 radical (unpaired) electrons. The molecule has 1 heterocycles. The highest BCUT2D eigenvalue weighted by atomic mass is 79.9. The average Bonchev–Trinajstić information content (AvgIpc) is 3.18. The third-order valence-corrected chi connectivity index (χ3v) is 6.51. The van der Waals surface area contributed by atoms with Gasteiger partial charge in [-0.2, -0.15) is 5.10 Å². The lowest BCUT2D eigenvalue weighted by Gasteiger charge is -2.04. The molecule has 0 saturated carbocycles. The van der Waals surface area contributed by atoms with Gasteiger partial charge in [0.25, 0.3) is 0 Å². The normalized spacial score (nSPS) is 11.0. The Morgan fingerprint density at radius 3 is 2.00 bits per heavy atom. The molecule has 31 heavy (non-hydrogen) atoms. The third kappa shape index (κ3) is 6.07. The summed E-state index contributed by atoms with van der Waals surface area (Å²) in [6, 6.07) is 32.5. The first-order valence-electron chi connectivity index (χ1n) is 9.91. The summed E-state index contributed by atoms with van der Waals surface area (Å²) < 4.78 is 6.85. The number of ether oxygens (including phenoxy) is 1. The zero-order valence-electron chi connectivity index (χ0n) is 16.8. The molecule has 0 amide bonds. The third-order valence-electron chi connectivity index (χ3n) is 4.55. The van der Waals surface area contributed by atoms with Crippen LogP contribution < -0.4 is 0 Å². The second-order valence-electron chi connectivity index (χ2n) is 6.83. The van der Waals surface area contributed by atoms with E-state index in [1.807, 2.05) is 78.9 Å². The van der Waals surface area contributed by atoms with Gasteiger partial charge >= 0.3 is 0 Å². The summed E-state index contributed by atoms with van der Waals surface area (Å²) in [7, 11) is 0. The van der Waals surface area contributed by atoms with Gasteiger partial charge in [0, 0.05) is 20.5 Å². The molecule has 0 aliphatic rings. The smallest absolute Gasteiger partial charge is 0.100 e. The Hall–Kier alpha value is -2.86. The fourth-order valence-electron chi connectivity index (χ4n) is 3.05. The van der Waals surface area contributed by atoms with Gasteiger partial charge in [0.2, 0.25) is 0 Å². The van der Waals surface area contributed by atoms with Crippen molar-refractivity contribution in [2.45, 2.75) is 13.2 Å². The minimum atomic E-state index is 0.564. The van der Waals surface area contributed by atoms with E-state index < -0.39 is 0 Å². The fraction of sp³-hybridized carbons (Fsp3) is 0.0769. The van der Waals surface area contributed by atoms with E-state index in [1.54, 1.807) is 17.6 Å². The van der Waals surface area contributed by atoms with E-state index >= 15 is 0 Å². The highest BCUT2D eigenvalue weighted by molar-refractivity contribution is 9.10. The van der Waals surface area contributed by atoms with Crippen LogP contribution in [0.25, 0.3) is 0 Å². The van der Waals surface area contributed by atoms with Crippen LogP contribution in [0.4, 0.5) is 0 Å². The second kappa shape index (κ2) is 11.0. The number of halogens is 1. The monoisotopic (exact) mass is 488 g/mol. The van der Waals surface area contributed by atoms with Crippen LogP contribution in [-0.2, 0) is 18.0 Å². The van der Waals surface area contributed by atoms with Gasteiger partial charge in [0.1, 0.15) is 5.71 Å². The molecule has 0 spiro atoms. The predicted octanol–water partition coefficient (Wildman–Crippen LogP) is 7.10. The molecule has 0 N–H and O–H groups in total. The molecule has 4 rings (SSSR count). The van der Waals surface area contributed by atoms with Crippen LogP contribution in [0.2, 0.25) is 0 Å². The number of hydrogen-bond acceptors (Lipinski definition) is 4. The molecule has 0 unspecified atom stereocenters. The molecule has 3 nitrogen and oxygen atoms in total. The van der Waals surface area contributed by atoms with Crippen molar-refractivity contribution in [3.8, 4) is 0 Å². The van der Waals surface area contributed by atoms with E-state index in [4.69, 9.17) is 4.74 Å². The molecule has 0 aliphatic carbocycles. The predicted molar refractivity (Wildman–Crippen MR) is 133 cm³/mol. The van der Waals surface area contributed by atoms with Gasteiger partial charge in [0.05, 0.1) is 24.3 Å². The van der Waals surface area contributed by atoms with Gasteiger partial charge in [-0.25, -0.2) is 0 Å². The number of hydrogen-bond donors (Lipinski definition) is 0. The van der Waals surface area contributed by atoms with Gasteiger partial charge in [-0.15, -0.1) is 16.4 Å². The molecule has 0 fully saturated rings. The highest BCUT2D eigenvalue weighted by Gasteiger charge is 2.08. The van der Waals surface area contributed by atoms with Crippen LogP contribution in [-0.4, -0.2) is 11.9 Å². The van der Waals surface area contributed by atoms with Crippen molar-refractivity contribution >= 4 is 39.2 Å². The average molecular weight is 489 g/mol. The maximum Gasteiger partial charge on any atom is 0.100 e. The quantitative estimate of drug-likeness (QED) is 0.192. The number of nitrogens with zero attached hydrogens (tertiary/aromatic N) is 2. The van der Waals surface area contributed by atoms with Crippen LogP contribution in [0.5, 0.6) is 0 Å². The lowest BCUT2D eigenvalue weighted by Crippen LogP contribution is -2.02. The largest absolute Gasteiger partial charge is 0.371 e. The number of rotatable bonds is 8. The van der Waals surface area contributed by atoms with Crippen molar-refractivity contribution in [2.24, 2.45) is 10.2 Å². The molecule has 5 heteroatoms. The maximum absolute atomic E-state index is 5.85. The van der Waals surface area contributed by atoms with E-state index in [2.05, 4.69) is 44.3 Å².